The van der Waals surface area contributed by atoms with Crippen molar-refractivity contribution in [1.29, 1.82) is 5.26 Å². The Hall–Kier alpha value is -1.58. The number of rotatable bonds is 2. The highest BCUT2D eigenvalue weighted by atomic mass is 19.1. The van der Waals surface area contributed by atoms with E-state index in [2.05, 4.69) is 0 Å². The standard InChI is InChI=1S/C14H17BFNO3/c1-13(2)14(3,4)20-15(19-13)10-7-12(18-5)9(8-17)6-11(10)16/h6-7H,1-5H3. The lowest BCUT2D eigenvalue weighted by Gasteiger charge is -2.32. The average molecular weight is 277 g/mol. The van der Waals surface area contributed by atoms with Gasteiger partial charge in [-0.15, -0.1) is 0 Å². The van der Waals surface area contributed by atoms with Crippen LogP contribution in [0.25, 0.3) is 0 Å². The van der Waals surface area contributed by atoms with Crippen LogP contribution in [-0.4, -0.2) is 25.4 Å². The number of nitriles is 1. The molecule has 0 saturated carbocycles. The van der Waals surface area contributed by atoms with Crippen LogP contribution in [0.1, 0.15) is 33.3 Å². The molecule has 0 radical (unpaired) electrons. The Balaban J connectivity index is 2.43. The molecule has 0 atom stereocenters. The molecule has 1 fully saturated rings. The van der Waals surface area contributed by atoms with Crippen molar-refractivity contribution in [2.45, 2.75) is 38.9 Å². The number of hydrogen-bond donors (Lipinski definition) is 0. The summed E-state index contributed by atoms with van der Waals surface area (Å²) in [6.45, 7) is 7.58. The maximum atomic E-state index is 14.1. The molecule has 6 heteroatoms. The van der Waals surface area contributed by atoms with E-state index in [-0.39, 0.29) is 11.0 Å². The molecule has 1 saturated heterocycles. The Kier molecular flexibility index (Phi) is 3.53. The van der Waals surface area contributed by atoms with Gasteiger partial charge in [0.05, 0.1) is 23.9 Å². The minimum atomic E-state index is -0.818. The molecular formula is C14H17BFNO3. The van der Waals surface area contributed by atoms with Crippen molar-refractivity contribution in [2.24, 2.45) is 0 Å². The molecule has 1 aromatic carbocycles. The van der Waals surface area contributed by atoms with E-state index in [9.17, 15) is 4.39 Å². The van der Waals surface area contributed by atoms with Crippen molar-refractivity contribution >= 4 is 12.6 Å². The highest BCUT2D eigenvalue weighted by molar-refractivity contribution is 6.62. The molecule has 20 heavy (non-hydrogen) atoms. The van der Waals surface area contributed by atoms with Crippen LogP contribution in [0.15, 0.2) is 12.1 Å². The van der Waals surface area contributed by atoms with E-state index in [0.29, 0.717) is 5.75 Å². The smallest absolute Gasteiger partial charge is 0.495 e. The minimum Gasteiger partial charge on any atom is -0.495 e. The molecule has 4 nitrogen and oxygen atoms in total. The van der Waals surface area contributed by atoms with Gasteiger partial charge in [-0.05, 0) is 39.8 Å². The third kappa shape index (κ3) is 2.28. The van der Waals surface area contributed by atoms with Gasteiger partial charge in [0.2, 0.25) is 0 Å². The molecule has 0 spiro atoms. The number of benzene rings is 1. The summed E-state index contributed by atoms with van der Waals surface area (Å²) < 4.78 is 30.8. The van der Waals surface area contributed by atoms with Gasteiger partial charge in [-0.3, -0.25) is 0 Å². The highest BCUT2D eigenvalue weighted by Crippen LogP contribution is 2.37. The zero-order valence-corrected chi connectivity index (χ0v) is 12.3. The third-order valence-corrected chi connectivity index (χ3v) is 3.95. The molecule has 0 amide bonds. The summed E-state index contributed by atoms with van der Waals surface area (Å²) >= 11 is 0. The van der Waals surface area contributed by atoms with E-state index in [1.54, 1.807) is 0 Å². The van der Waals surface area contributed by atoms with Gasteiger partial charge in [0.25, 0.3) is 0 Å². The summed E-state index contributed by atoms with van der Waals surface area (Å²) in [5, 5.41) is 8.94. The number of halogens is 1. The lowest BCUT2D eigenvalue weighted by Crippen LogP contribution is -2.41. The minimum absolute atomic E-state index is 0.144. The Bertz CT molecular complexity index is 565. The van der Waals surface area contributed by atoms with Crippen LogP contribution in [0, 0.1) is 17.1 Å². The van der Waals surface area contributed by atoms with Crippen LogP contribution in [0.5, 0.6) is 5.75 Å². The van der Waals surface area contributed by atoms with Crippen LogP contribution in [0.2, 0.25) is 0 Å². The Labute approximate surface area is 118 Å². The van der Waals surface area contributed by atoms with Crippen LogP contribution in [-0.2, 0) is 9.31 Å². The predicted octanol–water partition coefficient (Wildman–Crippen LogP) is 2.01. The van der Waals surface area contributed by atoms with Crippen molar-refractivity contribution in [3.05, 3.63) is 23.5 Å². The topological polar surface area (TPSA) is 51.5 Å². The van der Waals surface area contributed by atoms with Crippen molar-refractivity contribution < 1.29 is 18.4 Å². The summed E-state index contributed by atoms with van der Waals surface area (Å²) in [7, 11) is 0.615. The molecule has 1 aliphatic heterocycles. The Morgan fingerprint density at radius 1 is 1.20 bits per heavy atom. The zero-order chi connectivity index (χ0) is 15.1. The van der Waals surface area contributed by atoms with E-state index < -0.39 is 24.1 Å². The summed E-state index contributed by atoms with van der Waals surface area (Å²) in [4.78, 5) is 0. The second kappa shape index (κ2) is 4.76. The quantitative estimate of drug-likeness (QED) is 0.776. The summed E-state index contributed by atoms with van der Waals surface area (Å²) in [5.41, 5.74) is -0.721. The van der Waals surface area contributed by atoms with Gasteiger partial charge in [0.1, 0.15) is 17.6 Å². The molecule has 106 valence electrons. The largest absolute Gasteiger partial charge is 0.497 e. The normalized spacial score (nSPS) is 19.8. The van der Waals surface area contributed by atoms with Crippen molar-refractivity contribution in [3.63, 3.8) is 0 Å². The Morgan fingerprint density at radius 2 is 1.75 bits per heavy atom. The summed E-state index contributed by atoms with van der Waals surface area (Å²) in [6.07, 6.45) is 0. The first kappa shape index (κ1) is 14.8. The molecule has 0 unspecified atom stereocenters. The van der Waals surface area contributed by atoms with Gasteiger partial charge in [-0.25, -0.2) is 4.39 Å². The second-order valence-electron chi connectivity index (χ2n) is 5.77. The van der Waals surface area contributed by atoms with Crippen LogP contribution < -0.4 is 10.2 Å². The summed E-state index contributed by atoms with van der Waals surface area (Å²) in [5.74, 6) is -0.237. The van der Waals surface area contributed by atoms with Crippen molar-refractivity contribution in [3.8, 4) is 11.8 Å². The van der Waals surface area contributed by atoms with Crippen molar-refractivity contribution in [2.75, 3.05) is 7.11 Å². The third-order valence-electron chi connectivity index (χ3n) is 3.95. The summed E-state index contributed by atoms with van der Waals surface area (Å²) in [6, 6.07) is 4.48. The lowest BCUT2D eigenvalue weighted by molar-refractivity contribution is 0.00578. The van der Waals surface area contributed by atoms with E-state index >= 15 is 0 Å². The lowest BCUT2D eigenvalue weighted by atomic mass is 9.78. The van der Waals surface area contributed by atoms with Gasteiger partial charge >= 0.3 is 7.12 Å². The molecule has 1 heterocycles. The van der Waals surface area contributed by atoms with Gasteiger partial charge < -0.3 is 14.0 Å². The van der Waals surface area contributed by atoms with Gasteiger partial charge in [-0.2, -0.15) is 5.26 Å². The number of methoxy groups -OCH3 is 1. The highest BCUT2D eigenvalue weighted by Gasteiger charge is 2.52. The maximum absolute atomic E-state index is 14.1. The molecular weight excluding hydrogens is 260 g/mol. The molecule has 1 aromatic rings. The number of ether oxygens (including phenoxy) is 1. The van der Waals surface area contributed by atoms with Crippen LogP contribution in [0.3, 0.4) is 0 Å². The SMILES string of the molecule is COc1cc(B2OC(C)(C)C(C)(C)O2)c(F)cc1C#N. The molecule has 0 bridgehead atoms. The fourth-order valence-corrected chi connectivity index (χ4v) is 1.98. The van der Waals surface area contributed by atoms with E-state index in [1.165, 1.54) is 13.2 Å². The fraction of sp³-hybridized carbons (Fsp3) is 0.500. The van der Waals surface area contributed by atoms with E-state index in [1.807, 2.05) is 33.8 Å². The second-order valence-corrected chi connectivity index (χ2v) is 5.77. The maximum Gasteiger partial charge on any atom is 0.497 e. The van der Waals surface area contributed by atoms with E-state index in [4.69, 9.17) is 19.3 Å². The zero-order valence-electron chi connectivity index (χ0n) is 12.3. The van der Waals surface area contributed by atoms with Crippen molar-refractivity contribution in [1.82, 2.24) is 0 Å². The van der Waals surface area contributed by atoms with Gasteiger partial charge in [0, 0.05) is 5.46 Å². The molecule has 0 aromatic heterocycles. The molecule has 0 aliphatic carbocycles. The van der Waals surface area contributed by atoms with Gasteiger partial charge in [0.15, 0.2) is 0 Å². The first-order valence-corrected chi connectivity index (χ1v) is 6.35. The number of hydrogen-bond acceptors (Lipinski definition) is 4. The first-order chi connectivity index (χ1) is 9.21. The van der Waals surface area contributed by atoms with Crippen LogP contribution >= 0.6 is 0 Å². The van der Waals surface area contributed by atoms with Gasteiger partial charge in [-0.1, -0.05) is 0 Å². The Morgan fingerprint density at radius 3 is 2.20 bits per heavy atom. The molecule has 0 N–H and O–H groups in total. The number of nitrogens with zero attached hydrogens (tertiary/aromatic N) is 1. The fourth-order valence-electron chi connectivity index (χ4n) is 1.98. The van der Waals surface area contributed by atoms with Crippen LogP contribution in [0.4, 0.5) is 4.39 Å². The average Bonchev–Trinajstić information content (AvgIpc) is 2.57. The van der Waals surface area contributed by atoms with E-state index in [0.717, 1.165) is 6.07 Å². The predicted molar refractivity (Wildman–Crippen MR) is 73.4 cm³/mol. The first-order valence-electron chi connectivity index (χ1n) is 6.35. The molecule has 1 aliphatic rings. The monoisotopic (exact) mass is 277 g/mol. The molecule has 2 rings (SSSR count).